The number of ether oxygens (including phenoxy) is 5. The SMILES string of the molecule is [2H]C([2H])(Oc1ccc(C(=O)c2c(-c3ccc(OC4OC(C(=O)O)C(O)C(O)C4O)cc3)sc3cc(OC4OC(C(=O)O)C(O)C(O)C4O)ccc23)cc1)C([2H])([2H])N1CCCCC1. The Balaban J connectivity index is 1.19. The van der Waals surface area contributed by atoms with Crippen LogP contribution in [0.2, 0.25) is 0 Å². The molecule has 10 atom stereocenters. The molecule has 4 heterocycles. The van der Waals surface area contributed by atoms with Crippen LogP contribution in [0.1, 0.15) is 40.7 Å². The molecule has 3 fully saturated rings. The molecule has 7 rings (SSSR count). The molecule has 0 radical (unpaired) electrons. The van der Waals surface area contributed by atoms with Crippen molar-refractivity contribution in [2.24, 2.45) is 0 Å². The first-order valence-electron chi connectivity index (χ1n) is 20.2. The third-order valence-corrected chi connectivity index (χ3v) is 11.2. The number of hydrogen-bond donors (Lipinski definition) is 8. The summed E-state index contributed by atoms with van der Waals surface area (Å²) in [4.78, 5) is 39.5. The number of fused-ring (bicyclic) bond motifs is 1. The highest BCUT2D eigenvalue weighted by atomic mass is 32.1. The number of nitrogens with zero attached hydrogens (tertiary/aromatic N) is 1. The number of piperidine rings is 1. The summed E-state index contributed by atoms with van der Waals surface area (Å²) in [6, 6.07) is 15.9. The van der Waals surface area contributed by atoms with E-state index in [1.807, 2.05) is 0 Å². The van der Waals surface area contributed by atoms with Crippen molar-refractivity contribution in [1.29, 1.82) is 0 Å². The van der Waals surface area contributed by atoms with Gasteiger partial charge in [0.1, 0.15) is 60.4 Å². The summed E-state index contributed by atoms with van der Waals surface area (Å²) < 4.78 is 61.8. The Morgan fingerprint density at radius 2 is 1.22 bits per heavy atom. The van der Waals surface area contributed by atoms with Crippen LogP contribution in [-0.2, 0) is 19.1 Å². The van der Waals surface area contributed by atoms with E-state index in [-0.39, 0.29) is 28.4 Å². The maximum atomic E-state index is 14.5. The lowest BCUT2D eigenvalue weighted by molar-refractivity contribution is -0.271. The molecule has 0 amide bonds. The second-order valence-corrected chi connectivity index (χ2v) is 15.0. The maximum absolute atomic E-state index is 14.5. The van der Waals surface area contributed by atoms with E-state index < -0.39 is 92.2 Å². The van der Waals surface area contributed by atoms with E-state index in [1.54, 1.807) is 12.1 Å². The van der Waals surface area contributed by atoms with E-state index in [0.717, 1.165) is 30.6 Å². The first-order valence-corrected chi connectivity index (χ1v) is 19.0. The molecule has 1 aromatic heterocycles. The van der Waals surface area contributed by atoms with Gasteiger partial charge in [-0.25, -0.2) is 9.59 Å². The summed E-state index contributed by atoms with van der Waals surface area (Å²) in [6.45, 7) is -4.46. The number of rotatable bonds is 13. The summed E-state index contributed by atoms with van der Waals surface area (Å²) in [5.41, 5.74) is 0.775. The molecule has 3 aliphatic heterocycles. The quantitative estimate of drug-likeness (QED) is 0.0881. The van der Waals surface area contributed by atoms with E-state index in [1.165, 1.54) is 59.5 Å². The molecule has 18 heteroatoms. The smallest absolute Gasteiger partial charge is 0.335 e. The number of carbonyl (C=O) groups is 3. The predicted molar refractivity (Wildman–Crippen MR) is 203 cm³/mol. The van der Waals surface area contributed by atoms with Crippen LogP contribution in [0.3, 0.4) is 0 Å². The van der Waals surface area contributed by atoms with Crippen LogP contribution in [0.15, 0.2) is 66.7 Å². The van der Waals surface area contributed by atoms with Gasteiger partial charge in [0.15, 0.2) is 18.0 Å². The Labute approximate surface area is 340 Å². The largest absolute Gasteiger partial charge is 0.492 e. The molecule has 310 valence electrons. The number of hydrogen-bond acceptors (Lipinski definition) is 16. The highest BCUT2D eigenvalue weighted by Gasteiger charge is 2.49. The summed E-state index contributed by atoms with van der Waals surface area (Å²) in [7, 11) is 0. The van der Waals surface area contributed by atoms with Gasteiger partial charge in [-0.1, -0.05) is 6.42 Å². The lowest BCUT2D eigenvalue weighted by Gasteiger charge is -2.38. The van der Waals surface area contributed by atoms with Crippen molar-refractivity contribution >= 4 is 39.1 Å². The average molecular weight is 830 g/mol. The van der Waals surface area contributed by atoms with E-state index in [4.69, 9.17) is 29.2 Å². The minimum absolute atomic E-state index is 0.0288. The topological polar surface area (TPSA) is 262 Å². The van der Waals surface area contributed by atoms with E-state index in [0.29, 0.717) is 33.6 Å². The first-order chi connectivity index (χ1) is 29.3. The summed E-state index contributed by atoms with van der Waals surface area (Å²) in [5.74, 6) is -3.65. The van der Waals surface area contributed by atoms with Gasteiger partial charge in [-0.3, -0.25) is 9.69 Å². The molecule has 0 aliphatic carbocycles. The number of benzene rings is 3. The molecule has 58 heavy (non-hydrogen) atoms. The first kappa shape index (κ1) is 36.4. The van der Waals surface area contributed by atoms with E-state index >= 15 is 0 Å². The molecule has 3 aromatic carbocycles. The van der Waals surface area contributed by atoms with E-state index in [9.17, 15) is 55.2 Å². The van der Waals surface area contributed by atoms with Gasteiger partial charge >= 0.3 is 11.9 Å². The third kappa shape index (κ3) is 8.67. The fraction of sp³-hybridized carbons (Fsp3) is 0.425. The fourth-order valence-electron chi connectivity index (χ4n) is 6.80. The monoisotopic (exact) mass is 829 g/mol. The number of carbonyl (C=O) groups excluding carboxylic acids is 1. The molecule has 4 aromatic rings. The fourth-order valence-corrected chi connectivity index (χ4v) is 8.04. The Kier molecular flexibility index (Phi) is 11.1. The van der Waals surface area contributed by atoms with Crippen molar-refractivity contribution in [3.05, 3.63) is 77.9 Å². The number of aliphatic hydroxyl groups is 6. The van der Waals surface area contributed by atoms with Crippen LogP contribution in [0, 0.1) is 0 Å². The molecule has 0 saturated carbocycles. The van der Waals surface area contributed by atoms with E-state index in [2.05, 4.69) is 0 Å². The minimum atomic E-state index is -2.76. The van der Waals surface area contributed by atoms with Crippen LogP contribution in [-0.4, -0.2) is 151 Å². The van der Waals surface area contributed by atoms with Gasteiger partial charge in [-0.15, -0.1) is 11.3 Å². The highest BCUT2D eigenvalue weighted by Crippen LogP contribution is 2.42. The van der Waals surface area contributed by atoms with Crippen molar-refractivity contribution in [1.82, 2.24) is 4.90 Å². The summed E-state index contributed by atoms with van der Waals surface area (Å²) >= 11 is 1.12. The summed E-state index contributed by atoms with van der Waals surface area (Å²) in [5, 5.41) is 80.9. The third-order valence-electron chi connectivity index (χ3n) is 9.98. The number of aliphatic carboxylic acids is 2. The summed E-state index contributed by atoms with van der Waals surface area (Å²) in [6.07, 6.45) is -16.2. The van der Waals surface area contributed by atoms with Gasteiger partial charge in [0.25, 0.3) is 0 Å². The normalized spacial score (nSPS) is 30.7. The average Bonchev–Trinajstić information content (AvgIpc) is 3.63. The zero-order chi connectivity index (χ0) is 44.8. The van der Waals surface area contributed by atoms with Crippen molar-refractivity contribution in [3.63, 3.8) is 0 Å². The molecule has 3 saturated heterocycles. The van der Waals surface area contributed by atoms with Gasteiger partial charge in [-0.05, 0) is 98.2 Å². The van der Waals surface area contributed by atoms with Crippen molar-refractivity contribution < 1.29 is 84.4 Å². The number of aliphatic hydroxyl groups excluding tert-OH is 6. The van der Waals surface area contributed by atoms with Crippen molar-refractivity contribution in [2.75, 3.05) is 26.1 Å². The zero-order valence-corrected chi connectivity index (χ0v) is 31.2. The Hall–Kier alpha value is -4.73. The van der Waals surface area contributed by atoms with Gasteiger partial charge < -0.3 is 64.5 Å². The molecule has 0 bridgehead atoms. The molecule has 8 N–H and O–H groups in total. The second-order valence-electron chi connectivity index (χ2n) is 13.9. The zero-order valence-electron chi connectivity index (χ0n) is 34.4. The molecule has 3 aliphatic rings. The number of likely N-dealkylation sites (tertiary alicyclic amines) is 1. The highest BCUT2D eigenvalue weighted by molar-refractivity contribution is 7.22. The standard InChI is InChI=1S/C40H43NO16S/c42-27(19-4-8-21(9-5-19)53-17-16-41-14-2-1-3-15-41)26-24-13-12-23(55-40-33(48)29(44)31(46)35(57-40)38(51)52)18-25(24)58-36(26)20-6-10-22(11-7-20)54-39-32(47)28(43)30(45)34(56-39)37(49)50/h4-13,18,28-35,39-40,43-48H,1-3,14-17H2,(H,49,50)(H,51,52)/i16D2,17D2. The van der Waals surface area contributed by atoms with Crippen LogP contribution in [0.4, 0.5) is 0 Å². The molecule has 17 nitrogen and oxygen atoms in total. The molecule has 0 spiro atoms. The van der Waals surface area contributed by atoms with Crippen LogP contribution in [0.25, 0.3) is 20.5 Å². The number of thiophene rings is 1. The predicted octanol–water partition coefficient (Wildman–Crippen LogP) is 1.21. The molecular weight excluding hydrogens is 782 g/mol. The van der Waals surface area contributed by atoms with Gasteiger partial charge in [0.05, 0.1) is 2.74 Å². The lowest BCUT2D eigenvalue weighted by atomic mass is 9.97. The molecular formula is C40H43NO16S. The molecule has 10 unspecified atom stereocenters. The minimum Gasteiger partial charge on any atom is -0.492 e. The second kappa shape index (κ2) is 17.6. The van der Waals surface area contributed by atoms with Gasteiger partial charge in [0.2, 0.25) is 12.6 Å². The maximum Gasteiger partial charge on any atom is 0.335 e. The van der Waals surface area contributed by atoms with Crippen molar-refractivity contribution in [3.8, 4) is 27.7 Å². The number of carboxylic acid groups (broad SMARTS) is 2. The Morgan fingerprint density at radius 3 is 1.79 bits per heavy atom. The Bertz CT molecular complexity index is 2270. The van der Waals surface area contributed by atoms with Crippen LogP contribution < -0.4 is 14.2 Å². The number of carboxylic acids is 2. The van der Waals surface area contributed by atoms with Gasteiger partial charge in [0, 0.05) is 35.3 Å². The number of ketones is 1. The Morgan fingerprint density at radius 1 is 0.690 bits per heavy atom. The van der Waals surface area contributed by atoms with Crippen LogP contribution >= 0.6 is 11.3 Å². The van der Waals surface area contributed by atoms with Crippen LogP contribution in [0.5, 0.6) is 17.2 Å². The lowest BCUT2D eigenvalue weighted by Crippen LogP contribution is -2.61. The van der Waals surface area contributed by atoms with Crippen molar-refractivity contribution in [2.45, 2.75) is 80.7 Å². The van der Waals surface area contributed by atoms with Gasteiger partial charge in [-0.2, -0.15) is 0 Å².